The average molecular weight is 301 g/mol. The highest BCUT2D eigenvalue weighted by molar-refractivity contribution is 8.01. The summed E-state index contributed by atoms with van der Waals surface area (Å²) in [4.78, 5) is 25.9. The van der Waals surface area contributed by atoms with Crippen molar-refractivity contribution in [3.63, 3.8) is 0 Å². The first kappa shape index (κ1) is 14.0. The van der Waals surface area contributed by atoms with Crippen LogP contribution in [0, 0.1) is 11.3 Å². The van der Waals surface area contributed by atoms with Crippen LogP contribution in [-0.2, 0) is 9.59 Å². The van der Waals surface area contributed by atoms with Gasteiger partial charge >= 0.3 is 0 Å². The van der Waals surface area contributed by atoms with Crippen LogP contribution >= 0.6 is 11.8 Å². The predicted octanol–water partition coefficient (Wildman–Crippen LogP) is 1.95. The monoisotopic (exact) mass is 301 g/mol. The lowest BCUT2D eigenvalue weighted by molar-refractivity contribution is -0.135. The third-order valence-electron chi connectivity index (χ3n) is 4.03. The quantitative estimate of drug-likeness (QED) is 0.906. The van der Waals surface area contributed by atoms with Crippen LogP contribution in [0.3, 0.4) is 0 Å². The number of fused-ring (bicyclic) bond motifs is 1. The smallest absolute Gasteiger partial charge is 0.248 e. The summed E-state index contributed by atoms with van der Waals surface area (Å²) in [6.07, 6.45) is 1.32. The minimum absolute atomic E-state index is 0.0579. The molecule has 2 atom stereocenters. The number of nitriles is 1. The van der Waals surface area contributed by atoms with Gasteiger partial charge in [-0.2, -0.15) is 5.26 Å². The van der Waals surface area contributed by atoms with E-state index in [2.05, 4.69) is 5.32 Å². The number of amides is 2. The number of nitrogens with one attached hydrogen (secondary N) is 1. The lowest BCUT2D eigenvalue weighted by Crippen LogP contribution is -2.48. The van der Waals surface area contributed by atoms with E-state index in [1.165, 1.54) is 0 Å². The second-order valence-corrected chi connectivity index (χ2v) is 6.95. The molecule has 0 radical (unpaired) electrons. The molecule has 2 aliphatic heterocycles. The number of carbonyl (C=O) groups excluding carboxylic acids is 2. The van der Waals surface area contributed by atoms with Gasteiger partial charge in [-0.3, -0.25) is 9.59 Å². The van der Waals surface area contributed by atoms with Crippen molar-refractivity contribution in [3.8, 4) is 6.07 Å². The zero-order valence-electron chi connectivity index (χ0n) is 11.6. The van der Waals surface area contributed by atoms with Crippen LogP contribution < -0.4 is 5.32 Å². The van der Waals surface area contributed by atoms with Crippen molar-refractivity contribution in [2.75, 3.05) is 11.1 Å². The summed E-state index contributed by atoms with van der Waals surface area (Å²) >= 11 is 1.67. The highest BCUT2D eigenvalue weighted by atomic mass is 32.2. The number of benzene rings is 1. The van der Waals surface area contributed by atoms with E-state index in [1.807, 2.05) is 13.0 Å². The van der Waals surface area contributed by atoms with E-state index in [4.69, 9.17) is 5.26 Å². The van der Waals surface area contributed by atoms with Gasteiger partial charge in [0, 0.05) is 17.9 Å². The van der Waals surface area contributed by atoms with Crippen molar-refractivity contribution in [2.45, 2.75) is 30.7 Å². The standard InChI is InChI=1S/C15H15N3O2S/c1-15-7-6-13(19)18(15)12(9-21-15)14(20)17-11-4-2-10(8-16)3-5-11/h2-5,12H,6-7,9H2,1H3,(H,17,20)/t12-,15+/m1/s1. The molecule has 2 amide bonds. The Morgan fingerprint density at radius 1 is 1.48 bits per heavy atom. The molecule has 2 fully saturated rings. The fourth-order valence-electron chi connectivity index (χ4n) is 2.87. The summed E-state index contributed by atoms with van der Waals surface area (Å²) in [5.41, 5.74) is 1.19. The first-order chi connectivity index (χ1) is 10.0. The molecule has 0 aromatic heterocycles. The van der Waals surface area contributed by atoms with Gasteiger partial charge in [0.25, 0.3) is 0 Å². The number of hydrogen-bond acceptors (Lipinski definition) is 4. The second kappa shape index (κ2) is 5.08. The van der Waals surface area contributed by atoms with Crippen molar-refractivity contribution < 1.29 is 9.59 Å². The largest absolute Gasteiger partial charge is 0.324 e. The summed E-state index contributed by atoms with van der Waals surface area (Å²) in [5.74, 6) is 0.526. The Bertz CT molecular complexity index is 637. The predicted molar refractivity (Wildman–Crippen MR) is 80.5 cm³/mol. The maximum absolute atomic E-state index is 12.4. The van der Waals surface area contributed by atoms with Crippen LogP contribution in [0.5, 0.6) is 0 Å². The van der Waals surface area contributed by atoms with E-state index in [-0.39, 0.29) is 16.7 Å². The van der Waals surface area contributed by atoms with Gasteiger partial charge in [0.2, 0.25) is 11.8 Å². The molecule has 1 aromatic rings. The molecule has 2 aliphatic rings. The Labute approximate surface area is 127 Å². The van der Waals surface area contributed by atoms with Gasteiger partial charge in [0.15, 0.2) is 0 Å². The molecule has 0 bridgehead atoms. The number of carbonyl (C=O) groups is 2. The topological polar surface area (TPSA) is 73.2 Å². The number of anilines is 1. The molecule has 21 heavy (non-hydrogen) atoms. The molecule has 0 spiro atoms. The van der Waals surface area contributed by atoms with Crippen LogP contribution in [-0.4, -0.2) is 33.4 Å². The third kappa shape index (κ3) is 2.38. The molecular weight excluding hydrogens is 286 g/mol. The van der Waals surface area contributed by atoms with Gasteiger partial charge in [-0.25, -0.2) is 0 Å². The number of hydrogen-bond donors (Lipinski definition) is 1. The van der Waals surface area contributed by atoms with E-state index in [1.54, 1.807) is 40.9 Å². The van der Waals surface area contributed by atoms with Gasteiger partial charge in [-0.15, -0.1) is 11.8 Å². The molecule has 6 heteroatoms. The Kier molecular flexibility index (Phi) is 3.38. The third-order valence-corrected chi connectivity index (χ3v) is 5.53. The van der Waals surface area contributed by atoms with Gasteiger partial charge in [-0.1, -0.05) is 0 Å². The van der Waals surface area contributed by atoms with Crippen LogP contribution in [0.1, 0.15) is 25.3 Å². The van der Waals surface area contributed by atoms with Crippen molar-refractivity contribution in [3.05, 3.63) is 29.8 Å². The Hall–Kier alpha value is -2.00. The number of rotatable bonds is 2. The lowest BCUT2D eigenvalue weighted by atomic mass is 10.2. The molecule has 0 unspecified atom stereocenters. The maximum Gasteiger partial charge on any atom is 0.248 e. The number of nitrogens with zero attached hydrogens (tertiary/aromatic N) is 2. The Morgan fingerprint density at radius 3 is 2.86 bits per heavy atom. The first-order valence-electron chi connectivity index (χ1n) is 6.81. The summed E-state index contributed by atoms with van der Waals surface area (Å²) < 4.78 is 0. The molecule has 108 valence electrons. The minimum atomic E-state index is -0.411. The van der Waals surface area contributed by atoms with Crippen molar-refractivity contribution in [1.29, 1.82) is 5.26 Å². The van der Waals surface area contributed by atoms with E-state index in [0.717, 1.165) is 6.42 Å². The molecule has 0 saturated carbocycles. The second-order valence-electron chi connectivity index (χ2n) is 5.44. The maximum atomic E-state index is 12.4. The molecule has 2 heterocycles. The van der Waals surface area contributed by atoms with E-state index >= 15 is 0 Å². The summed E-state index contributed by atoms with van der Waals surface area (Å²) in [6, 6.07) is 8.33. The Morgan fingerprint density at radius 2 is 2.19 bits per heavy atom. The Balaban J connectivity index is 1.74. The first-order valence-corrected chi connectivity index (χ1v) is 7.79. The SMILES string of the molecule is C[C@]12CCC(=O)N1[C@@H](C(=O)Nc1ccc(C#N)cc1)CS2. The highest BCUT2D eigenvalue weighted by Crippen LogP contribution is 2.47. The van der Waals surface area contributed by atoms with Gasteiger partial charge in [0.05, 0.1) is 16.5 Å². The van der Waals surface area contributed by atoms with E-state index in [0.29, 0.717) is 23.4 Å². The van der Waals surface area contributed by atoms with E-state index in [9.17, 15) is 9.59 Å². The fraction of sp³-hybridized carbons (Fsp3) is 0.400. The molecular formula is C15H15N3O2S. The van der Waals surface area contributed by atoms with Gasteiger partial charge in [-0.05, 0) is 37.6 Å². The van der Waals surface area contributed by atoms with Crippen molar-refractivity contribution >= 4 is 29.3 Å². The minimum Gasteiger partial charge on any atom is -0.324 e. The molecule has 3 rings (SSSR count). The molecule has 1 N–H and O–H groups in total. The molecule has 2 saturated heterocycles. The summed E-state index contributed by atoms with van der Waals surface area (Å²) in [7, 11) is 0. The van der Waals surface area contributed by atoms with Gasteiger partial charge in [0.1, 0.15) is 6.04 Å². The molecule has 1 aromatic carbocycles. The lowest BCUT2D eigenvalue weighted by Gasteiger charge is -2.29. The van der Waals surface area contributed by atoms with Crippen LogP contribution in [0.4, 0.5) is 5.69 Å². The highest BCUT2D eigenvalue weighted by Gasteiger charge is 2.52. The van der Waals surface area contributed by atoms with E-state index < -0.39 is 6.04 Å². The molecule has 5 nitrogen and oxygen atoms in total. The van der Waals surface area contributed by atoms with Crippen LogP contribution in [0.25, 0.3) is 0 Å². The normalized spacial score (nSPS) is 27.3. The average Bonchev–Trinajstić information content (AvgIpc) is 2.97. The van der Waals surface area contributed by atoms with Crippen LogP contribution in [0.2, 0.25) is 0 Å². The van der Waals surface area contributed by atoms with Crippen LogP contribution in [0.15, 0.2) is 24.3 Å². The molecule has 0 aliphatic carbocycles. The zero-order chi connectivity index (χ0) is 15.0. The van der Waals surface area contributed by atoms with Gasteiger partial charge < -0.3 is 10.2 Å². The van der Waals surface area contributed by atoms with Crippen molar-refractivity contribution in [2.24, 2.45) is 0 Å². The number of thioether (sulfide) groups is 1. The zero-order valence-corrected chi connectivity index (χ0v) is 12.4. The summed E-state index contributed by atoms with van der Waals surface area (Å²) in [6.45, 7) is 2.03. The fourth-order valence-corrected chi connectivity index (χ4v) is 4.30. The van der Waals surface area contributed by atoms with Crippen molar-refractivity contribution in [1.82, 2.24) is 4.90 Å². The summed E-state index contributed by atoms with van der Waals surface area (Å²) in [5, 5.41) is 11.6.